The Hall–Kier alpha value is 0.0500. The van der Waals surface area contributed by atoms with Gasteiger partial charge >= 0.3 is 0 Å². The summed E-state index contributed by atoms with van der Waals surface area (Å²) in [6.45, 7) is 3.90. The Balaban J connectivity index is 3.34. The Kier molecular flexibility index (Phi) is 3.13. The van der Waals surface area contributed by atoms with Gasteiger partial charge in [0.25, 0.3) is 0 Å². The van der Waals surface area contributed by atoms with Crippen LogP contribution >= 0.6 is 12.2 Å². The number of rotatable bonds is 2. The highest BCUT2D eigenvalue weighted by Crippen LogP contribution is 1.84. The molecule has 0 N–H and O–H groups in total. The molecule has 0 spiro atoms. The van der Waals surface area contributed by atoms with Crippen LogP contribution in [-0.4, -0.2) is 18.0 Å². The quantitative estimate of drug-likeness (QED) is 0.491. The molecular formula is C5H10NS. The van der Waals surface area contributed by atoms with Crippen LogP contribution in [-0.2, 0) is 0 Å². The summed E-state index contributed by atoms with van der Waals surface area (Å²) in [5, 5.41) is 3.95. The zero-order valence-electron chi connectivity index (χ0n) is 4.93. The topological polar surface area (TPSA) is 14.1 Å². The molecular weight excluding hydrogens is 106 g/mol. The molecule has 1 radical (unpaired) electrons. The van der Waals surface area contributed by atoms with E-state index in [9.17, 15) is 0 Å². The van der Waals surface area contributed by atoms with Crippen LogP contribution in [0.15, 0.2) is 0 Å². The fourth-order valence-electron chi connectivity index (χ4n) is 0.182. The molecule has 0 aliphatic carbocycles. The Bertz CT molecular complexity index is 70.5. The number of hydrogen-bond acceptors (Lipinski definition) is 1. The second-order valence-electron chi connectivity index (χ2n) is 1.54. The van der Waals surface area contributed by atoms with Crippen LogP contribution in [0.4, 0.5) is 0 Å². The molecule has 0 bridgehead atoms. The number of hydrogen-bond donors (Lipinski definition) is 0. The van der Waals surface area contributed by atoms with E-state index in [0.717, 1.165) is 4.86 Å². The third-order valence-electron chi connectivity index (χ3n) is 0.976. The zero-order valence-corrected chi connectivity index (χ0v) is 5.75. The van der Waals surface area contributed by atoms with Crippen molar-refractivity contribution in [3.63, 3.8) is 0 Å². The molecule has 0 fully saturated rings. The number of nitrogens with zero attached hydrogens (tertiary/aromatic N) is 1. The molecule has 0 saturated carbocycles. The molecule has 0 aromatic carbocycles. The summed E-state index contributed by atoms with van der Waals surface area (Å²) in [6.07, 6.45) is 0. The first kappa shape index (κ1) is 7.05. The van der Waals surface area contributed by atoms with Gasteiger partial charge in [-0.3, -0.25) is 0 Å². The van der Waals surface area contributed by atoms with Gasteiger partial charge in [-0.15, -0.1) is 0 Å². The molecule has 41 valence electrons. The van der Waals surface area contributed by atoms with Crippen molar-refractivity contribution in [3.05, 3.63) is 0 Å². The summed E-state index contributed by atoms with van der Waals surface area (Å²) < 4.78 is 0. The van der Waals surface area contributed by atoms with Crippen LogP contribution in [0.1, 0.15) is 13.8 Å². The van der Waals surface area contributed by atoms with Crippen LogP contribution in [0.25, 0.3) is 0 Å². The first-order valence-corrected chi connectivity index (χ1v) is 2.68. The predicted octanol–water partition coefficient (Wildman–Crippen LogP) is 0.999. The van der Waals surface area contributed by atoms with Crippen molar-refractivity contribution in [3.8, 4) is 0 Å². The van der Waals surface area contributed by atoms with E-state index >= 15 is 0 Å². The van der Waals surface area contributed by atoms with Gasteiger partial charge in [0, 0.05) is 11.9 Å². The van der Waals surface area contributed by atoms with E-state index in [1.807, 2.05) is 13.8 Å². The summed E-state index contributed by atoms with van der Waals surface area (Å²) in [4.78, 5) is 0.961. The molecule has 0 saturated heterocycles. The highest BCUT2D eigenvalue weighted by Gasteiger charge is 1.97. The summed E-state index contributed by atoms with van der Waals surface area (Å²) >= 11 is 4.82. The highest BCUT2D eigenvalue weighted by atomic mass is 32.1. The Morgan fingerprint density at radius 1 is 1.71 bits per heavy atom. The van der Waals surface area contributed by atoms with Gasteiger partial charge in [-0.1, -0.05) is 12.2 Å². The fourth-order valence-corrected chi connectivity index (χ4v) is 0.287. The molecule has 1 nitrogen and oxygen atoms in total. The minimum atomic E-state index is 0.259. The van der Waals surface area contributed by atoms with Crippen molar-refractivity contribution in [2.75, 3.05) is 7.05 Å². The monoisotopic (exact) mass is 116 g/mol. The normalized spacial score (nSPS) is 13.6. The average molecular weight is 116 g/mol. The second-order valence-corrected chi connectivity index (χ2v) is 2.19. The lowest BCUT2D eigenvalue weighted by Crippen LogP contribution is -2.20. The largest absolute Gasteiger partial charge is 0.237 e. The molecule has 2 heteroatoms. The lowest BCUT2D eigenvalue weighted by molar-refractivity contribution is 0.752. The number of thiocarbonyl (C=S) groups is 1. The van der Waals surface area contributed by atoms with Crippen LogP contribution < -0.4 is 5.32 Å². The van der Waals surface area contributed by atoms with E-state index in [1.54, 1.807) is 7.05 Å². The van der Waals surface area contributed by atoms with E-state index in [1.165, 1.54) is 0 Å². The van der Waals surface area contributed by atoms with Gasteiger partial charge in [-0.05, 0) is 13.8 Å². The SMILES string of the molecule is C[N]C(C)C(C)=S. The first-order chi connectivity index (χ1) is 3.18. The molecule has 0 aliphatic rings. The molecule has 0 heterocycles. The van der Waals surface area contributed by atoms with E-state index in [2.05, 4.69) is 5.32 Å². The van der Waals surface area contributed by atoms with Crippen molar-refractivity contribution < 1.29 is 0 Å². The standard InChI is InChI=1S/C5H10NS/c1-4(6-3)5(2)7/h4H,1-3H3. The second kappa shape index (κ2) is 3.10. The Morgan fingerprint density at radius 3 is 2.14 bits per heavy atom. The molecule has 7 heavy (non-hydrogen) atoms. The predicted molar refractivity (Wildman–Crippen MR) is 35.8 cm³/mol. The minimum Gasteiger partial charge on any atom is -0.237 e. The van der Waals surface area contributed by atoms with Gasteiger partial charge in [-0.25, -0.2) is 5.32 Å². The summed E-state index contributed by atoms with van der Waals surface area (Å²) in [7, 11) is 1.78. The zero-order chi connectivity index (χ0) is 5.86. The third-order valence-corrected chi connectivity index (χ3v) is 1.32. The molecule has 0 aliphatic heterocycles. The van der Waals surface area contributed by atoms with Crippen molar-refractivity contribution in [2.45, 2.75) is 19.9 Å². The van der Waals surface area contributed by atoms with E-state index in [-0.39, 0.29) is 6.04 Å². The molecule has 0 aromatic heterocycles. The van der Waals surface area contributed by atoms with Gasteiger partial charge in [0.1, 0.15) is 0 Å². The van der Waals surface area contributed by atoms with Crippen molar-refractivity contribution in [1.29, 1.82) is 0 Å². The molecule has 0 amide bonds. The molecule has 0 aromatic rings. The fraction of sp³-hybridized carbons (Fsp3) is 0.800. The van der Waals surface area contributed by atoms with Gasteiger partial charge in [-0.2, -0.15) is 0 Å². The molecule has 1 atom stereocenters. The highest BCUT2D eigenvalue weighted by molar-refractivity contribution is 7.80. The Morgan fingerprint density at radius 2 is 2.14 bits per heavy atom. The van der Waals surface area contributed by atoms with Gasteiger partial charge in [0.2, 0.25) is 0 Å². The molecule has 0 rings (SSSR count). The summed E-state index contributed by atoms with van der Waals surface area (Å²) in [6, 6.07) is 0.259. The van der Waals surface area contributed by atoms with E-state index < -0.39 is 0 Å². The van der Waals surface area contributed by atoms with Crippen molar-refractivity contribution in [1.82, 2.24) is 5.32 Å². The lowest BCUT2D eigenvalue weighted by Gasteiger charge is -2.02. The average Bonchev–Trinajstić information content (AvgIpc) is 1.65. The van der Waals surface area contributed by atoms with Crippen LogP contribution in [0.2, 0.25) is 0 Å². The van der Waals surface area contributed by atoms with Crippen LogP contribution in [0.3, 0.4) is 0 Å². The lowest BCUT2D eigenvalue weighted by atomic mass is 10.3. The van der Waals surface area contributed by atoms with Crippen LogP contribution in [0, 0.1) is 0 Å². The van der Waals surface area contributed by atoms with E-state index in [0.29, 0.717) is 0 Å². The van der Waals surface area contributed by atoms with Gasteiger partial charge < -0.3 is 0 Å². The third kappa shape index (κ3) is 2.71. The van der Waals surface area contributed by atoms with Crippen LogP contribution in [0.5, 0.6) is 0 Å². The van der Waals surface area contributed by atoms with Gasteiger partial charge in [0.15, 0.2) is 0 Å². The Labute approximate surface area is 50.1 Å². The van der Waals surface area contributed by atoms with E-state index in [4.69, 9.17) is 12.2 Å². The molecule has 1 unspecified atom stereocenters. The van der Waals surface area contributed by atoms with Gasteiger partial charge in [0.05, 0.1) is 6.04 Å². The minimum absolute atomic E-state index is 0.259. The maximum absolute atomic E-state index is 4.82. The maximum atomic E-state index is 4.82. The first-order valence-electron chi connectivity index (χ1n) is 2.28. The summed E-state index contributed by atoms with van der Waals surface area (Å²) in [5.74, 6) is 0. The summed E-state index contributed by atoms with van der Waals surface area (Å²) in [5.41, 5.74) is 0. The maximum Gasteiger partial charge on any atom is 0.0524 e. The van der Waals surface area contributed by atoms with Crippen molar-refractivity contribution >= 4 is 17.1 Å². The van der Waals surface area contributed by atoms with Crippen molar-refractivity contribution in [2.24, 2.45) is 0 Å². The smallest absolute Gasteiger partial charge is 0.0524 e.